The number of carbonyl (C=O) groups excluding carboxylic acids is 1. The van der Waals surface area contributed by atoms with Crippen molar-refractivity contribution in [2.24, 2.45) is 0 Å². The molecular weight excluding hydrogens is 319 g/mol. The molecule has 1 atom stereocenters. The monoisotopic (exact) mass is 348 g/mol. The summed E-state index contributed by atoms with van der Waals surface area (Å²) < 4.78 is 18.6. The van der Waals surface area contributed by atoms with Crippen LogP contribution in [0.5, 0.6) is 0 Å². The SMILES string of the molecule is CCOCC1CCC2(CCN(C(=O)Cc3ccc(F)cc3)CC2)N1C. The Hall–Kier alpha value is -1.46. The third-order valence-corrected chi connectivity index (χ3v) is 6.07. The van der Waals surface area contributed by atoms with Crippen LogP contribution in [-0.4, -0.2) is 60.6 Å². The van der Waals surface area contributed by atoms with Gasteiger partial charge in [-0.25, -0.2) is 4.39 Å². The lowest BCUT2D eigenvalue weighted by molar-refractivity contribution is -0.133. The van der Waals surface area contributed by atoms with E-state index in [2.05, 4.69) is 11.9 Å². The molecule has 0 saturated carbocycles. The zero-order chi connectivity index (χ0) is 17.9. The van der Waals surface area contributed by atoms with E-state index in [4.69, 9.17) is 4.74 Å². The zero-order valence-electron chi connectivity index (χ0n) is 15.3. The Labute approximate surface area is 149 Å². The molecule has 2 aliphatic rings. The predicted octanol–water partition coefficient (Wildman–Crippen LogP) is 2.86. The summed E-state index contributed by atoms with van der Waals surface area (Å²) in [6, 6.07) is 6.73. The molecule has 2 heterocycles. The van der Waals surface area contributed by atoms with Crippen molar-refractivity contribution < 1.29 is 13.9 Å². The molecule has 25 heavy (non-hydrogen) atoms. The molecule has 1 spiro atoms. The number of amides is 1. The van der Waals surface area contributed by atoms with Crippen molar-refractivity contribution in [3.05, 3.63) is 35.6 Å². The third kappa shape index (κ3) is 4.04. The van der Waals surface area contributed by atoms with Gasteiger partial charge in [0.05, 0.1) is 13.0 Å². The van der Waals surface area contributed by atoms with Gasteiger partial charge < -0.3 is 9.64 Å². The number of nitrogens with zero attached hydrogens (tertiary/aromatic N) is 2. The molecule has 138 valence electrons. The second kappa shape index (κ2) is 7.83. The van der Waals surface area contributed by atoms with Gasteiger partial charge >= 0.3 is 0 Å². The average molecular weight is 348 g/mol. The number of rotatable bonds is 5. The van der Waals surface area contributed by atoms with Gasteiger partial charge in [0.1, 0.15) is 5.82 Å². The van der Waals surface area contributed by atoms with Crippen molar-refractivity contribution in [1.29, 1.82) is 0 Å². The fraction of sp³-hybridized carbons (Fsp3) is 0.650. The molecule has 2 saturated heterocycles. The minimum Gasteiger partial charge on any atom is -0.380 e. The third-order valence-electron chi connectivity index (χ3n) is 6.07. The highest BCUT2D eigenvalue weighted by molar-refractivity contribution is 5.78. The topological polar surface area (TPSA) is 32.8 Å². The van der Waals surface area contributed by atoms with Gasteiger partial charge in [0, 0.05) is 31.3 Å². The lowest BCUT2D eigenvalue weighted by Gasteiger charge is -2.45. The summed E-state index contributed by atoms with van der Waals surface area (Å²) in [6.07, 6.45) is 4.79. The number of piperidine rings is 1. The first-order chi connectivity index (χ1) is 12.0. The summed E-state index contributed by atoms with van der Waals surface area (Å²) in [7, 11) is 2.21. The van der Waals surface area contributed by atoms with Crippen LogP contribution in [0.1, 0.15) is 38.2 Å². The lowest BCUT2D eigenvalue weighted by Crippen LogP contribution is -2.54. The highest BCUT2D eigenvalue weighted by Crippen LogP contribution is 2.40. The quantitative estimate of drug-likeness (QED) is 0.820. The number of ether oxygens (including phenoxy) is 1. The summed E-state index contributed by atoms with van der Waals surface area (Å²) in [5.41, 5.74) is 1.11. The molecular formula is C20H29FN2O2. The van der Waals surface area contributed by atoms with Crippen molar-refractivity contribution in [3.63, 3.8) is 0 Å². The van der Waals surface area contributed by atoms with Crippen LogP contribution in [0.3, 0.4) is 0 Å². The van der Waals surface area contributed by atoms with Crippen molar-refractivity contribution in [3.8, 4) is 0 Å². The van der Waals surface area contributed by atoms with Crippen LogP contribution in [0, 0.1) is 5.82 Å². The molecule has 1 unspecified atom stereocenters. The van der Waals surface area contributed by atoms with E-state index in [1.165, 1.54) is 25.0 Å². The Balaban J connectivity index is 1.53. The van der Waals surface area contributed by atoms with E-state index in [-0.39, 0.29) is 17.3 Å². The molecule has 0 bridgehead atoms. The Morgan fingerprint density at radius 2 is 1.92 bits per heavy atom. The van der Waals surface area contributed by atoms with E-state index in [1.54, 1.807) is 12.1 Å². The zero-order valence-corrected chi connectivity index (χ0v) is 15.3. The molecule has 0 aromatic heterocycles. The molecule has 0 aliphatic carbocycles. The smallest absolute Gasteiger partial charge is 0.226 e. The van der Waals surface area contributed by atoms with Crippen molar-refractivity contribution in [2.75, 3.05) is 33.4 Å². The first kappa shape index (κ1) is 18.3. The number of likely N-dealkylation sites (N-methyl/N-ethyl adjacent to an activating group) is 1. The first-order valence-corrected chi connectivity index (χ1v) is 9.37. The largest absolute Gasteiger partial charge is 0.380 e. The Morgan fingerprint density at radius 1 is 1.24 bits per heavy atom. The van der Waals surface area contributed by atoms with E-state index >= 15 is 0 Å². The number of hydrogen-bond acceptors (Lipinski definition) is 3. The molecule has 2 fully saturated rings. The summed E-state index contributed by atoms with van der Waals surface area (Å²) in [6.45, 7) is 5.23. The molecule has 1 aromatic rings. The van der Waals surface area contributed by atoms with E-state index in [0.29, 0.717) is 12.5 Å². The molecule has 0 N–H and O–H groups in total. The second-order valence-electron chi connectivity index (χ2n) is 7.37. The summed E-state index contributed by atoms with van der Waals surface area (Å²) in [4.78, 5) is 17.0. The van der Waals surface area contributed by atoms with Crippen molar-refractivity contribution in [2.45, 2.75) is 50.6 Å². The highest BCUT2D eigenvalue weighted by Gasteiger charge is 2.46. The summed E-state index contributed by atoms with van der Waals surface area (Å²) >= 11 is 0. The lowest BCUT2D eigenvalue weighted by atomic mass is 9.85. The van der Waals surface area contributed by atoms with Crippen LogP contribution in [0.25, 0.3) is 0 Å². The van der Waals surface area contributed by atoms with Crippen molar-refractivity contribution >= 4 is 5.91 Å². The van der Waals surface area contributed by atoms with Gasteiger partial charge in [-0.15, -0.1) is 0 Å². The van der Waals surface area contributed by atoms with Crippen LogP contribution in [0.15, 0.2) is 24.3 Å². The minimum absolute atomic E-state index is 0.146. The van der Waals surface area contributed by atoms with Crippen molar-refractivity contribution in [1.82, 2.24) is 9.80 Å². The molecule has 0 radical (unpaired) electrons. The molecule has 1 aromatic carbocycles. The van der Waals surface area contributed by atoms with E-state index < -0.39 is 0 Å². The van der Waals surface area contributed by atoms with Crippen LogP contribution >= 0.6 is 0 Å². The van der Waals surface area contributed by atoms with E-state index in [0.717, 1.165) is 44.7 Å². The summed E-state index contributed by atoms with van der Waals surface area (Å²) in [5, 5.41) is 0. The Bertz CT molecular complexity index is 582. The normalized spacial score (nSPS) is 23.3. The van der Waals surface area contributed by atoms with Gasteiger partial charge in [0.2, 0.25) is 5.91 Å². The van der Waals surface area contributed by atoms with Gasteiger partial charge in [-0.1, -0.05) is 12.1 Å². The molecule has 5 heteroatoms. The maximum absolute atomic E-state index is 13.0. The Morgan fingerprint density at radius 3 is 2.56 bits per heavy atom. The average Bonchev–Trinajstić information content (AvgIpc) is 2.92. The van der Waals surface area contributed by atoms with Gasteiger partial charge in [0.15, 0.2) is 0 Å². The first-order valence-electron chi connectivity index (χ1n) is 9.37. The minimum atomic E-state index is -0.262. The number of benzene rings is 1. The molecule has 2 aliphatic heterocycles. The molecule has 1 amide bonds. The second-order valence-corrected chi connectivity index (χ2v) is 7.37. The predicted molar refractivity (Wildman–Crippen MR) is 95.9 cm³/mol. The maximum atomic E-state index is 13.0. The Kier molecular flexibility index (Phi) is 5.74. The van der Waals surface area contributed by atoms with Crippen LogP contribution < -0.4 is 0 Å². The van der Waals surface area contributed by atoms with Crippen LogP contribution in [0.4, 0.5) is 4.39 Å². The standard InChI is InChI=1S/C20H29FN2O2/c1-3-25-15-18-8-9-20(22(18)2)10-12-23(13-11-20)19(24)14-16-4-6-17(21)7-5-16/h4-7,18H,3,8-15H2,1-2H3. The van der Waals surface area contributed by atoms with E-state index in [9.17, 15) is 9.18 Å². The molecule has 4 nitrogen and oxygen atoms in total. The van der Waals surface area contributed by atoms with Crippen LogP contribution in [0.2, 0.25) is 0 Å². The maximum Gasteiger partial charge on any atom is 0.226 e. The molecule has 3 rings (SSSR count). The highest BCUT2D eigenvalue weighted by atomic mass is 19.1. The van der Waals surface area contributed by atoms with E-state index in [1.807, 2.05) is 11.8 Å². The number of carbonyl (C=O) groups is 1. The fourth-order valence-electron chi connectivity index (χ4n) is 4.31. The van der Waals surface area contributed by atoms with Gasteiger partial charge in [-0.3, -0.25) is 9.69 Å². The number of likely N-dealkylation sites (tertiary alicyclic amines) is 2. The van der Waals surface area contributed by atoms with Gasteiger partial charge in [0.25, 0.3) is 0 Å². The number of hydrogen-bond donors (Lipinski definition) is 0. The fourth-order valence-corrected chi connectivity index (χ4v) is 4.31. The summed E-state index contributed by atoms with van der Waals surface area (Å²) in [5.74, 6) is -0.116. The van der Waals surface area contributed by atoms with Crippen LogP contribution in [-0.2, 0) is 16.0 Å². The van der Waals surface area contributed by atoms with Gasteiger partial charge in [-0.05, 0) is 57.4 Å². The van der Waals surface area contributed by atoms with Gasteiger partial charge in [-0.2, -0.15) is 0 Å². The number of halogens is 1.